The van der Waals surface area contributed by atoms with E-state index in [1.54, 1.807) is 6.08 Å². The van der Waals surface area contributed by atoms with Crippen LogP contribution in [-0.4, -0.2) is 4.57 Å². The molecule has 0 saturated carbocycles. The average molecular weight is 620 g/mol. The molecule has 48 heavy (non-hydrogen) atoms. The van der Waals surface area contributed by atoms with Crippen molar-refractivity contribution >= 4 is 55.0 Å². The van der Waals surface area contributed by atoms with E-state index < -0.39 is 0 Å². The van der Waals surface area contributed by atoms with E-state index in [-0.39, 0.29) is 0 Å². The minimum Gasteiger partial charge on any atom is -0.309 e. The first-order valence-electron chi connectivity index (χ1n) is 17.0. The van der Waals surface area contributed by atoms with Gasteiger partial charge < -0.3 is 4.57 Å². The second-order valence-electron chi connectivity index (χ2n) is 12.9. The third-order valence-corrected chi connectivity index (χ3v) is 10.1. The Morgan fingerprint density at radius 1 is 0.833 bits per heavy atom. The molecule has 7 rings (SSSR count). The van der Waals surface area contributed by atoms with Gasteiger partial charge in [0.1, 0.15) is 0 Å². The number of rotatable bonds is 6. The summed E-state index contributed by atoms with van der Waals surface area (Å²) < 4.78 is 2.38. The number of aryl methyl sites for hydroxylation is 1. The van der Waals surface area contributed by atoms with Crippen molar-refractivity contribution in [1.82, 2.24) is 4.57 Å². The molecule has 1 atom stereocenters. The Kier molecular flexibility index (Phi) is 8.12. The molecule has 0 aliphatic heterocycles. The molecule has 1 heterocycles. The van der Waals surface area contributed by atoms with Gasteiger partial charge in [-0.15, -0.1) is 6.42 Å². The van der Waals surface area contributed by atoms with Gasteiger partial charge in [0.2, 0.25) is 0 Å². The second-order valence-corrected chi connectivity index (χ2v) is 12.9. The first-order valence-corrected chi connectivity index (χ1v) is 17.0. The molecule has 0 aliphatic carbocycles. The fourth-order valence-electron chi connectivity index (χ4n) is 7.69. The molecule has 1 aromatic heterocycles. The van der Waals surface area contributed by atoms with Gasteiger partial charge in [-0.1, -0.05) is 111 Å². The molecule has 0 aliphatic rings. The molecule has 1 nitrogen and oxygen atoms in total. The first-order chi connectivity index (χ1) is 23.4. The molecule has 0 bridgehead atoms. The van der Waals surface area contributed by atoms with Gasteiger partial charge in [0.15, 0.2) is 0 Å². The van der Waals surface area contributed by atoms with Crippen LogP contribution in [0.1, 0.15) is 51.2 Å². The molecule has 1 unspecified atom stereocenters. The van der Waals surface area contributed by atoms with E-state index in [4.69, 9.17) is 6.42 Å². The Labute approximate surface area is 283 Å². The Hall–Kier alpha value is -5.58. The molecule has 0 N–H and O–H groups in total. The zero-order chi connectivity index (χ0) is 33.5. The maximum atomic E-state index is 5.73. The Morgan fingerprint density at radius 3 is 2.29 bits per heavy atom. The number of benzene rings is 6. The van der Waals surface area contributed by atoms with E-state index in [1.165, 1.54) is 81.7 Å². The summed E-state index contributed by atoms with van der Waals surface area (Å²) in [6, 6.07) is 37.8. The van der Waals surface area contributed by atoms with Crippen LogP contribution in [0.5, 0.6) is 0 Å². The molecule has 6 aromatic carbocycles. The van der Waals surface area contributed by atoms with Crippen LogP contribution in [0.3, 0.4) is 0 Å². The minimum absolute atomic E-state index is 0.418. The monoisotopic (exact) mass is 619 g/mol. The number of hydrogen-bond acceptors (Lipinski definition) is 0. The highest BCUT2D eigenvalue weighted by atomic mass is 15.0. The molecule has 0 radical (unpaired) electrons. The molecule has 0 spiro atoms. The summed E-state index contributed by atoms with van der Waals surface area (Å²) in [5.74, 6) is 3.12. The lowest BCUT2D eigenvalue weighted by Gasteiger charge is -2.20. The fraction of sp³-hybridized carbons (Fsp3) is 0.149. The summed E-state index contributed by atoms with van der Waals surface area (Å²) in [6.45, 7) is 15.5. The number of aromatic nitrogens is 1. The van der Waals surface area contributed by atoms with Gasteiger partial charge >= 0.3 is 0 Å². The molecule has 1 heteroatoms. The maximum Gasteiger partial charge on any atom is 0.0541 e. The maximum absolute atomic E-state index is 5.73. The number of hydrogen-bond donors (Lipinski definition) is 0. The minimum atomic E-state index is 0.418. The van der Waals surface area contributed by atoms with Crippen molar-refractivity contribution in [2.24, 2.45) is 0 Å². The standard InChI is InChI=1S/C47H41N/c1-8-11-20-36(30(4)5)46-35(10-3)40-23-17-22-37(31(6)9-2)47(40)45-32(7)38(26-27-41(45)46)33-25-28-44-42(29-33)39-21-15-16-24-43(39)48(44)34-18-13-12-14-19-34/h1,10-29,31H,4,9H2,2-3,5-7H3/b20-11-,35-10?,46-36+. The van der Waals surface area contributed by atoms with Gasteiger partial charge in [0, 0.05) is 16.5 Å². The van der Waals surface area contributed by atoms with E-state index in [9.17, 15) is 0 Å². The number of terminal acetylenes is 1. The smallest absolute Gasteiger partial charge is 0.0541 e. The molecule has 7 aromatic rings. The zero-order valence-corrected chi connectivity index (χ0v) is 28.6. The van der Waals surface area contributed by atoms with Gasteiger partial charge in [-0.05, 0) is 135 Å². The Bertz CT molecular complexity index is 2600. The highest BCUT2D eigenvalue weighted by Crippen LogP contribution is 2.39. The summed E-state index contributed by atoms with van der Waals surface area (Å²) in [7, 11) is 0. The Balaban J connectivity index is 1.63. The highest BCUT2D eigenvalue weighted by molar-refractivity contribution is 6.15. The molecular formula is C47H41N. The number of allylic oxidation sites excluding steroid dienone is 3. The third kappa shape index (κ3) is 4.88. The molecule has 0 amide bonds. The van der Waals surface area contributed by atoms with Crippen molar-refractivity contribution < 1.29 is 0 Å². The largest absolute Gasteiger partial charge is 0.309 e. The van der Waals surface area contributed by atoms with Crippen LogP contribution in [-0.2, 0) is 0 Å². The van der Waals surface area contributed by atoms with Crippen molar-refractivity contribution in [3.05, 3.63) is 149 Å². The lowest BCUT2D eigenvalue weighted by molar-refractivity contribution is 0.740. The van der Waals surface area contributed by atoms with Crippen LogP contribution in [0.25, 0.3) is 71.8 Å². The SMILES string of the molecule is C#C/C=C\C(C(=C)C)=c1\c(=CC)c2cccc(C(C)CC)c2c2c(C)c(-c3ccc4c(c3)c3ccccc3n4-c3ccccc3)ccc12. The van der Waals surface area contributed by atoms with Gasteiger partial charge in [-0.2, -0.15) is 0 Å². The van der Waals surface area contributed by atoms with Gasteiger partial charge in [0.05, 0.1) is 11.0 Å². The summed E-state index contributed by atoms with van der Waals surface area (Å²) in [4.78, 5) is 0. The fourth-order valence-corrected chi connectivity index (χ4v) is 7.69. The number of fused-ring (bicyclic) bond motifs is 6. The quantitative estimate of drug-likeness (QED) is 0.129. The van der Waals surface area contributed by atoms with Gasteiger partial charge in [0.25, 0.3) is 0 Å². The van der Waals surface area contributed by atoms with E-state index in [2.05, 4.69) is 161 Å². The van der Waals surface area contributed by atoms with Crippen LogP contribution >= 0.6 is 0 Å². The molecule has 234 valence electrons. The summed E-state index contributed by atoms with van der Waals surface area (Å²) >= 11 is 0. The first kappa shape index (κ1) is 31.0. The van der Waals surface area contributed by atoms with Gasteiger partial charge in [-0.25, -0.2) is 0 Å². The van der Waals surface area contributed by atoms with Crippen molar-refractivity contribution in [2.45, 2.75) is 47.0 Å². The van der Waals surface area contributed by atoms with Crippen LogP contribution in [0.15, 0.2) is 127 Å². The van der Waals surface area contributed by atoms with Crippen LogP contribution in [0.4, 0.5) is 0 Å². The van der Waals surface area contributed by atoms with Crippen molar-refractivity contribution in [3.8, 4) is 29.2 Å². The molecular weight excluding hydrogens is 579 g/mol. The Morgan fingerprint density at radius 2 is 1.56 bits per heavy atom. The predicted octanol–water partition coefficient (Wildman–Crippen LogP) is 11.3. The molecule has 0 saturated heterocycles. The topological polar surface area (TPSA) is 4.93 Å². The zero-order valence-electron chi connectivity index (χ0n) is 28.6. The third-order valence-electron chi connectivity index (χ3n) is 10.1. The van der Waals surface area contributed by atoms with Crippen LogP contribution in [0, 0.1) is 19.3 Å². The normalized spacial score (nSPS) is 13.5. The lowest BCUT2D eigenvalue weighted by atomic mass is 9.83. The van der Waals surface area contributed by atoms with Crippen LogP contribution in [0.2, 0.25) is 0 Å². The van der Waals surface area contributed by atoms with Crippen molar-refractivity contribution in [3.63, 3.8) is 0 Å². The summed E-state index contributed by atoms with van der Waals surface area (Å²) in [5, 5.41) is 10.1. The van der Waals surface area contributed by atoms with E-state index >= 15 is 0 Å². The van der Waals surface area contributed by atoms with Crippen molar-refractivity contribution in [2.75, 3.05) is 0 Å². The number of para-hydroxylation sites is 2. The predicted molar refractivity (Wildman–Crippen MR) is 210 cm³/mol. The highest BCUT2D eigenvalue weighted by Gasteiger charge is 2.19. The van der Waals surface area contributed by atoms with E-state index in [1.807, 2.05) is 6.08 Å². The van der Waals surface area contributed by atoms with E-state index in [0.717, 1.165) is 17.6 Å². The van der Waals surface area contributed by atoms with Crippen LogP contribution < -0.4 is 10.4 Å². The summed E-state index contributed by atoms with van der Waals surface area (Å²) in [5.41, 5.74) is 10.8. The average Bonchev–Trinajstić information content (AvgIpc) is 3.45. The number of nitrogens with zero attached hydrogens (tertiary/aromatic N) is 1. The summed E-state index contributed by atoms with van der Waals surface area (Å²) in [6.07, 6.45) is 12.9. The second kappa shape index (κ2) is 12.6. The lowest BCUT2D eigenvalue weighted by Crippen LogP contribution is -2.29. The van der Waals surface area contributed by atoms with Gasteiger partial charge in [-0.3, -0.25) is 0 Å². The van der Waals surface area contributed by atoms with Crippen molar-refractivity contribution in [1.29, 1.82) is 0 Å². The molecule has 0 fully saturated rings. The van der Waals surface area contributed by atoms with E-state index in [0.29, 0.717) is 5.92 Å².